The van der Waals surface area contributed by atoms with Gasteiger partial charge in [-0.05, 0) is 38.8 Å². The lowest BCUT2D eigenvalue weighted by Gasteiger charge is -2.30. The second kappa shape index (κ2) is 6.86. The van der Waals surface area contributed by atoms with Crippen molar-refractivity contribution < 1.29 is 9.90 Å². The van der Waals surface area contributed by atoms with Gasteiger partial charge in [0.2, 0.25) is 0 Å². The van der Waals surface area contributed by atoms with E-state index in [1.54, 1.807) is 0 Å². The van der Waals surface area contributed by atoms with Crippen molar-refractivity contribution in [3.63, 3.8) is 0 Å². The monoisotopic (exact) mass is 228 g/mol. The predicted octanol–water partition coefficient (Wildman–Crippen LogP) is 1.31. The molecule has 94 valence electrons. The van der Waals surface area contributed by atoms with Crippen LogP contribution in [-0.2, 0) is 4.79 Å². The van der Waals surface area contributed by atoms with Crippen LogP contribution in [0.3, 0.4) is 0 Å². The molecule has 16 heavy (non-hydrogen) atoms. The van der Waals surface area contributed by atoms with E-state index < -0.39 is 5.97 Å². The fourth-order valence-corrected chi connectivity index (χ4v) is 2.45. The summed E-state index contributed by atoms with van der Waals surface area (Å²) in [5, 5.41) is 12.6. The number of carboxylic acids is 1. The molecule has 1 saturated heterocycles. The number of hydrogen-bond acceptors (Lipinski definition) is 3. The van der Waals surface area contributed by atoms with Crippen LogP contribution >= 0.6 is 0 Å². The van der Waals surface area contributed by atoms with Gasteiger partial charge in [0.15, 0.2) is 0 Å². The van der Waals surface area contributed by atoms with Gasteiger partial charge in [-0.3, -0.25) is 9.69 Å². The minimum Gasteiger partial charge on any atom is -0.480 e. The molecular formula is C12H24N2O2. The van der Waals surface area contributed by atoms with Gasteiger partial charge in [0.25, 0.3) is 0 Å². The van der Waals surface area contributed by atoms with Crippen LogP contribution in [0.15, 0.2) is 0 Å². The van der Waals surface area contributed by atoms with E-state index >= 15 is 0 Å². The average Bonchev–Trinajstić information content (AvgIpc) is 2.71. The number of aliphatic carboxylic acids is 1. The van der Waals surface area contributed by atoms with Gasteiger partial charge in [-0.15, -0.1) is 0 Å². The third-order valence-corrected chi connectivity index (χ3v) is 3.24. The number of nitrogens with zero attached hydrogens (tertiary/aromatic N) is 1. The quantitative estimate of drug-likeness (QED) is 0.690. The average molecular weight is 228 g/mol. The number of rotatable bonds is 7. The van der Waals surface area contributed by atoms with Crippen molar-refractivity contribution in [2.75, 3.05) is 19.6 Å². The third kappa shape index (κ3) is 3.76. The van der Waals surface area contributed by atoms with Crippen molar-refractivity contribution >= 4 is 5.97 Å². The van der Waals surface area contributed by atoms with Gasteiger partial charge in [0, 0.05) is 12.6 Å². The van der Waals surface area contributed by atoms with Gasteiger partial charge in [0.05, 0.1) is 0 Å². The Kier molecular flexibility index (Phi) is 5.77. The molecule has 4 heteroatoms. The van der Waals surface area contributed by atoms with E-state index in [2.05, 4.69) is 17.1 Å². The molecule has 2 atom stereocenters. The Morgan fingerprint density at radius 3 is 2.75 bits per heavy atom. The Bertz CT molecular complexity index is 215. The molecule has 1 fully saturated rings. The fourth-order valence-electron chi connectivity index (χ4n) is 2.45. The van der Waals surface area contributed by atoms with Crippen LogP contribution in [0.4, 0.5) is 0 Å². The summed E-state index contributed by atoms with van der Waals surface area (Å²) in [6.07, 6.45) is 4.09. The lowest BCUT2D eigenvalue weighted by atomic mass is 10.1. The predicted molar refractivity (Wildman–Crippen MR) is 64.6 cm³/mol. The zero-order valence-corrected chi connectivity index (χ0v) is 10.4. The van der Waals surface area contributed by atoms with Crippen LogP contribution in [0.1, 0.15) is 39.5 Å². The molecule has 0 bridgehead atoms. The molecule has 1 heterocycles. The molecule has 0 aromatic rings. The molecule has 0 spiro atoms. The van der Waals surface area contributed by atoms with Crippen LogP contribution in [0, 0.1) is 0 Å². The first kappa shape index (κ1) is 13.5. The second-order valence-corrected chi connectivity index (χ2v) is 4.55. The molecule has 0 aromatic carbocycles. The number of nitrogens with one attached hydrogen (secondary N) is 1. The van der Waals surface area contributed by atoms with Gasteiger partial charge in [-0.1, -0.05) is 13.8 Å². The Morgan fingerprint density at radius 1 is 1.56 bits per heavy atom. The Balaban J connectivity index is 2.53. The zero-order valence-electron chi connectivity index (χ0n) is 10.4. The highest BCUT2D eigenvalue weighted by Gasteiger charge is 2.26. The smallest absolute Gasteiger partial charge is 0.320 e. The molecule has 1 aliphatic rings. The molecule has 0 saturated carbocycles. The summed E-state index contributed by atoms with van der Waals surface area (Å²) in [6.45, 7) is 6.88. The maximum absolute atomic E-state index is 11.2. The summed E-state index contributed by atoms with van der Waals surface area (Å²) in [7, 11) is 0. The summed E-state index contributed by atoms with van der Waals surface area (Å²) in [5.74, 6) is -0.686. The minimum atomic E-state index is -0.686. The highest BCUT2D eigenvalue weighted by atomic mass is 16.4. The Morgan fingerprint density at radius 2 is 2.31 bits per heavy atom. The largest absolute Gasteiger partial charge is 0.480 e. The van der Waals surface area contributed by atoms with Crippen molar-refractivity contribution in [3.05, 3.63) is 0 Å². The zero-order chi connectivity index (χ0) is 12.0. The topological polar surface area (TPSA) is 52.6 Å². The molecule has 1 aliphatic heterocycles. The molecule has 2 N–H and O–H groups in total. The second-order valence-electron chi connectivity index (χ2n) is 4.55. The lowest BCUT2D eigenvalue weighted by molar-refractivity contribution is -0.143. The summed E-state index contributed by atoms with van der Waals surface area (Å²) in [5.41, 5.74) is 0. The van der Waals surface area contributed by atoms with Gasteiger partial charge < -0.3 is 10.4 Å². The maximum atomic E-state index is 11.2. The minimum absolute atomic E-state index is 0.317. The van der Waals surface area contributed by atoms with Crippen molar-refractivity contribution in [2.24, 2.45) is 0 Å². The Labute approximate surface area is 98.0 Å². The van der Waals surface area contributed by atoms with Crippen LogP contribution in [0.2, 0.25) is 0 Å². The summed E-state index contributed by atoms with van der Waals surface area (Å²) in [6, 6.07) is 0.169. The van der Waals surface area contributed by atoms with Crippen molar-refractivity contribution in [2.45, 2.75) is 51.6 Å². The van der Waals surface area contributed by atoms with Crippen molar-refractivity contribution in [3.8, 4) is 0 Å². The third-order valence-electron chi connectivity index (χ3n) is 3.24. The number of hydrogen-bond donors (Lipinski definition) is 2. The van der Waals surface area contributed by atoms with E-state index in [-0.39, 0.29) is 6.04 Å². The summed E-state index contributed by atoms with van der Waals surface area (Å²) < 4.78 is 0. The molecule has 2 unspecified atom stereocenters. The van der Waals surface area contributed by atoms with Crippen LogP contribution < -0.4 is 5.32 Å². The van der Waals surface area contributed by atoms with Gasteiger partial charge >= 0.3 is 5.97 Å². The lowest BCUT2D eigenvalue weighted by Crippen LogP contribution is -2.47. The summed E-state index contributed by atoms with van der Waals surface area (Å²) >= 11 is 0. The first-order valence-corrected chi connectivity index (χ1v) is 6.39. The highest BCUT2D eigenvalue weighted by Crippen LogP contribution is 2.12. The normalized spacial score (nSPS) is 22.6. The maximum Gasteiger partial charge on any atom is 0.320 e. The van der Waals surface area contributed by atoms with Crippen LogP contribution in [-0.4, -0.2) is 47.7 Å². The number of carboxylic acid groups (broad SMARTS) is 1. The van der Waals surface area contributed by atoms with E-state index in [9.17, 15) is 9.90 Å². The number of carbonyl (C=O) groups is 1. The molecular weight excluding hydrogens is 204 g/mol. The fraction of sp³-hybridized carbons (Fsp3) is 0.917. The van der Waals surface area contributed by atoms with E-state index in [4.69, 9.17) is 0 Å². The van der Waals surface area contributed by atoms with E-state index in [0.717, 1.165) is 26.1 Å². The molecule has 0 radical (unpaired) electrons. The van der Waals surface area contributed by atoms with E-state index in [1.807, 2.05) is 6.92 Å². The van der Waals surface area contributed by atoms with Crippen molar-refractivity contribution in [1.82, 2.24) is 10.2 Å². The highest BCUT2D eigenvalue weighted by molar-refractivity contribution is 5.73. The van der Waals surface area contributed by atoms with E-state index in [1.165, 1.54) is 12.8 Å². The summed E-state index contributed by atoms with van der Waals surface area (Å²) in [4.78, 5) is 13.3. The first-order valence-electron chi connectivity index (χ1n) is 6.39. The van der Waals surface area contributed by atoms with Crippen LogP contribution in [0.5, 0.6) is 0 Å². The standard InChI is InChI=1S/C12H24N2O2/c1-3-8-14(11(4-2)12(15)16)9-10-6-5-7-13-10/h10-11,13H,3-9H2,1-2H3,(H,15,16). The van der Waals surface area contributed by atoms with Gasteiger partial charge in [-0.2, -0.15) is 0 Å². The van der Waals surface area contributed by atoms with Crippen LogP contribution in [0.25, 0.3) is 0 Å². The van der Waals surface area contributed by atoms with Gasteiger partial charge in [-0.25, -0.2) is 0 Å². The molecule has 1 rings (SSSR count). The molecule has 0 amide bonds. The molecule has 4 nitrogen and oxygen atoms in total. The first-order chi connectivity index (χ1) is 7.69. The SMILES string of the molecule is CCCN(CC1CCCN1)C(CC)C(=O)O. The van der Waals surface area contributed by atoms with Crippen molar-refractivity contribution in [1.29, 1.82) is 0 Å². The Hall–Kier alpha value is -0.610. The van der Waals surface area contributed by atoms with E-state index in [0.29, 0.717) is 12.5 Å². The molecule has 0 aromatic heterocycles. The van der Waals surface area contributed by atoms with Gasteiger partial charge in [0.1, 0.15) is 6.04 Å². The molecule has 0 aliphatic carbocycles.